The normalized spacial score (nSPS) is 20.6. The molecule has 0 spiro atoms. The van der Waals surface area contributed by atoms with Gasteiger partial charge in [-0.1, -0.05) is 56.8 Å². The lowest BCUT2D eigenvalue weighted by molar-refractivity contribution is 0.00534. The third kappa shape index (κ3) is 7.39. The van der Waals surface area contributed by atoms with Crippen LogP contribution in [0.15, 0.2) is 30.6 Å². The predicted molar refractivity (Wildman–Crippen MR) is 141 cm³/mol. The van der Waals surface area contributed by atoms with Gasteiger partial charge in [-0.2, -0.15) is 0 Å². The lowest BCUT2D eigenvalue weighted by Crippen LogP contribution is -2.51. The summed E-state index contributed by atoms with van der Waals surface area (Å²) < 4.78 is 5.11. The number of rotatable bonds is 14. The zero-order chi connectivity index (χ0) is 25.1. The Balaban J connectivity index is 1.77. The van der Waals surface area contributed by atoms with Crippen LogP contribution in [0, 0.1) is 5.21 Å². The quantitative estimate of drug-likeness (QED) is 0.109. The van der Waals surface area contributed by atoms with E-state index in [0.29, 0.717) is 17.2 Å². The second kappa shape index (κ2) is 13.8. The van der Waals surface area contributed by atoms with E-state index in [1.165, 1.54) is 24.0 Å². The molecule has 35 heavy (non-hydrogen) atoms. The number of hydrogen-bond acceptors (Lipinski definition) is 8. The molecule has 2 unspecified atom stereocenters. The lowest BCUT2D eigenvalue weighted by Gasteiger charge is -2.38. The summed E-state index contributed by atoms with van der Waals surface area (Å²) in [6.07, 6.45) is 15.4. The average Bonchev–Trinajstić information content (AvgIpc) is 3.46. The van der Waals surface area contributed by atoms with Gasteiger partial charge in [-0.15, -0.1) is 5.10 Å². The minimum Gasteiger partial charge on any atom is -0.622 e. The molecule has 1 saturated heterocycles. The van der Waals surface area contributed by atoms with E-state index in [-0.39, 0.29) is 6.67 Å². The van der Waals surface area contributed by atoms with Crippen molar-refractivity contribution >= 4 is 22.4 Å². The van der Waals surface area contributed by atoms with Gasteiger partial charge >= 0.3 is 11.1 Å². The van der Waals surface area contributed by atoms with E-state index >= 15 is 0 Å². The van der Waals surface area contributed by atoms with E-state index in [4.69, 9.17) is 4.74 Å². The van der Waals surface area contributed by atoms with Gasteiger partial charge in [0.15, 0.2) is 0 Å². The van der Waals surface area contributed by atoms with Crippen LogP contribution in [0.4, 0.5) is 5.13 Å². The summed E-state index contributed by atoms with van der Waals surface area (Å²) in [5.74, 6) is -0.492. The molecule has 1 aliphatic heterocycles. The third-order valence-corrected chi connectivity index (χ3v) is 7.38. The van der Waals surface area contributed by atoms with E-state index in [2.05, 4.69) is 40.0 Å². The maximum absolute atomic E-state index is 14.2. The minimum absolute atomic E-state index is 0.214. The number of hydrogen-bond donors (Lipinski definition) is 0. The molecular weight excluding hydrogens is 462 g/mol. The van der Waals surface area contributed by atoms with Crippen LogP contribution >= 0.6 is 11.3 Å². The number of hydroxylamine groups is 2. The van der Waals surface area contributed by atoms with Gasteiger partial charge in [0.25, 0.3) is 6.23 Å². The van der Waals surface area contributed by atoms with Gasteiger partial charge in [-0.25, -0.2) is 9.69 Å². The number of nitrogens with zero attached hydrogens (tertiary/aromatic N) is 5. The maximum atomic E-state index is 14.2. The number of aryl methyl sites for hydroxylation is 2. The highest BCUT2D eigenvalue weighted by molar-refractivity contribution is 7.15. The van der Waals surface area contributed by atoms with Gasteiger partial charge in [0.05, 0.1) is 12.1 Å². The molecular formula is C26H39N5O3S. The lowest BCUT2D eigenvalue weighted by atomic mass is 10.1. The van der Waals surface area contributed by atoms with Gasteiger partial charge < -0.3 is 9.94 Å². The maximum Gasteiger partial charge on any atom is 0.344 e. The van der Waals surface area contributed by atoms with E-state index in [0.717, 1.165) is 68.5 Å². The molecule has 0 aromatic carbocycles. The Morgan fingerprint density at radius 1 is 1.23 bits per heavy atom. The number of esters is 1. The molecule has 0 saturated carbocycles. The molecule has 2 atom stereocenters. The zero-order valence-electron chi connectivity index (χ0n) is 21.3. The SMILES string of the molecule is CC=CCCCc1nnc([N+]2([O-])CN(CCCCCC)CC2OC(=O)c2cnccc2CCC)s1. The molecule has 192 valence electrons. The van der Waals surface area contributed by atoms with Crippen molar-refractivity contribution in [2.45, 2.75) is 84.8 Å². The summed E-state index contributed by atoms with van der Waals surface area (Å²) in [6, 6.07) is 1.85. The van der Waals surface area contributed by atoms with Crippen molar-refractivity contribution in [2.75, 3.05) is 19.8 Å². The molecule has 9 heteroatoms. The Morgan fingerprint density at radius 2 is 2.09 bits per heavy atom. The van der Waals surface area contributed by atoms with Gasteiger partial charge in [0, 0.05) is 25.4 Å². The first-order valence-corrected chi connectivity index (χ1v) is 13.7. The van der Waals surface area contributed by atoms with Crippen molar-refractivity contribution in [3.8, 4) is 0 Å². The summed E-state index contributed by atoms with van der Waals surface area (Å²) >= 11 is 1.34. The minimum atomic E-state index is -0.882. The fourth-order valence-corrected chi connectivity index (χ4v) is 5.30. The average molecular weight is 502 g/mol. The number of pyridine rings is 1. The highest BCUT2D eigenvalue weighted by atomic mass is 32.1. The van der Waals surface area contributed by atoms with Crippen LogP contribution < -0.4 is 4.65 Å². The highest BCUT2D eigenvalue weighted by Crippen LogP contribution is 2.35. The number of allylic oxidation sites excluding steroid dienone is 2. The molecule has 0 aliphatic carbocycles. The Hall–Kier alpha value is -2.20. The van der Waals surface area contributed by atoms with E-state index < -0.39 is 16.8 Å². The van der Waals surface area contributed by atoms with Gasteiger partial charge in [-0.3, -0.25) is 9.63 Å². The number of carbonyl (C=O) groups excluding carboxylic acids is 1. The van der Waals surface area contributed by atoms with Gasteiger partial charge in [0.2, 0.25) is 0 Å². The molecule has 1 aliphatic rings. The van der Waals surface area contributed by atoms with Crippen LogP contribution in [0.5, 0.6) is 0 Å². The van der Waals surface area contributed by atoms with Gasteiger partial charge in [-0.05, 0) is 55.6 Å². The first-order chi connectivity index (χ1) is 17.0. The fourth-order valence-electron chi connectivity index (χ4n) is 4.35. The summed E-state index contributed by atoms with van der Waals surface area (Å²) in [6.45, 7) is 7.66. The molecule has 0 radical (unpaired) electrons. The van der Waals surface area contributed by atoms with Crippen molar-refractivity contribution in [2.24, 2.45) is 0 Å². The van der Waals surface area contributed by atoms with Crippen LogP contribution in [0.1, 0.15) is 86.6 Å². The summed E-state index contributed by atoms with van der Waals surface area (Å²) in [7, 11) is 0. The Bertz CT molecular complexity index is 966. The molecule has 3 heterocycles. The zero-order valence-corrected chi connectivity index (χ0v) is 22.1. The summed E-state index contributed by atoms with van der Waals surface area (Å²) in [4.78, 5) is 19.4. The summed E-state index contributed by atoms with van der Waals surface area (Å²) in [5.41, 5.74) is 1.33. The van der Waals surface area contributed by atoms with Crippen molar-refractivity contribution in [3.05, 3.63) is 52.0 Å². The second-order valence-electron chi connectivity index (χ2n) is 9.16. The van der Waals surface area contributed by atoms with Crippen LogP contribution in [0.3, 0.4) is 0 Å². The molecule has 0 bridgehead atoms. The first-order valence-electron chi connectivity index (χ1n) is 12.9. The van der Waals surface area contributed by atoms with Crippen molar-refractivity contribution in [1.29, 1.82) is 0 Å². The van der Waals surface area contributed by atoms with Crippen molar-refractivity contribution in [1.82, 2.24) is 24.7 Å². The molecule has 2 aromatic rings. The first kappa shape index (κ1) is 27.4. The van der Waals surface area contributed by atoms with E-state index in [1.54, 1.807) is 6.20 Å². The van der Waals surface area contributed by atoms with Crippen LogP contribution in [-0.2, 0) is 17.6 Å². The molecule has 0 amide bonds. The monoisotopic (exact) mass is 501 g/mol. The Labute approximate surface area is 213 Å². The highest BCUT2D eigenvalue weighted by Gasteiger charge is 2.46. The molecule has 2 aromatic heterocycles. The van der Waals surface area contributed by atoms with Crippen LogP contribution in [0.25, 0.3) is 0 Å². The van der Waals surface area contributed by atoms with Gasteiger partial charge in [0.1, 0.15) is 11.7 Å². The number of carbonyl (C=O) groups is 1. The van der Waals surface area contributed by atoms with Crippen LogP contribution in [0.2, 0.25) is 0 Å². The smallest absolute Gasteiger partial charge is 0.344 e. The third-order valence-electron chi connectivity index (χ3n) is 6.29. The topological polar surface area (TPSA) is 91.3 Å². The Kier molecular flexibility index (Phi) is 10.8. The molecule has 3 rings (SSSR count). The van der Waals surface area contributed by atoms with Crippen molar-refractivity contribution < 1.29 is 9.53 Å². The second-order valence-corrected chi connectivity index (χ2v) is 10.2. The molecule has 1 fully saturated rings. The molecule has 0 N–H and O–H groups in total. The number of unbranched alkanes of at least 4 members (excludes halogenated alkanes) is 4. The fraction of sp³-hybridized carbons (Fsp3) is 0.615. The number of quaternary nitrogens is 1. The number of aromatic nitrogens is 3. The summed E-state index contributed by atoms with van der Waals surface area (Å²) in [5, 5.41) is 24.0. The molecule has 8 nitrogen and oxygen atoms in total. The van der Waals surface area contributed by atoms with Crippen LogP contribution in [-0.4, -0.2) is 52.0 Å². The van der Waals surface area contributed by atoms with E-state index in [1.807, 2.05) is 19.1 Å². The van der Waals surface area contributed by atoms with Crippen molar-refractivity contribution in [3.63, 3.8) is 0 Å². The largest absolute Gasteiger partial charge is 0.622 e. The number of ether oxygens (including phenoxy) is 1. The predicted octanol–water partition coefficient (Wildman–Crippen LogP) is 5.63. The van der Waals surface area contributed by atoms with E-state index in [9.17, 15) is 10.0 Å². The standard InChI is InChI=1S/C26H39N5O3S/c1-4-7-9-11-14-23-28-29-26(35-23)31(33)20-30(17-12-10-8-5-2)19-24(31)34-25(32)22-18-27-16-15-21(22)13-6-3/h4,7,15-16,18,24H,5-6,8-14,17,19-20H2,1-3H3. The Morgan fingerprint density at radius 3 is 2.86 bits per heavy atom.